The summed E-state index contributed by atoms with van der Waals surface area (Å²) < 4.78 is 88.0. The van der Waals surface area contributed by atoms with E-state index in [1.165, 1.54) is 13.8 Å². The molecule has 0 amide bonds. The van der Waals surface area contributed by atoms with Gasteiger partial charge >= 0.3 is 27.3 Å². The lowest BCUT2D eigenvalue weighted by Gasteiger charge is -2.31. The molecule has 1 atom stereocenters. The van der Waals surface area contributed by atoms with Crippen molar-refractivity contribution >= 4 is 38.7 Å². The van der Waals surface area contributed by atoms with Crippen LogP contribution >= 0.6 is 22.6 Å². The van der Waals surface area contributed by atoms with E-state index in [-0.39, 0.29) is 10.0 Å². The van der Waals surface area contributed by atoms with Crippen molar-refractivity contribution in [3.05, 3.63) is 10.2 Å². The van der Waals surface area contributed by atoms with E-state index in [4.69, 9.17) is 9.29 Å². The van der Waals surface area contributed by atoms with Gasteiger partial charge in [-0.2, -0.15) is 26.0 Å². The minimum atomic E-state index is -6.27. The topological polar surface area (TPSA) is 80.7 Å². The molecular formula is C12H17F4IO5S. The number of hydrogen-bond acceptors (Lipinski definition) is 4. The van der Waals surface area contributed by atoms with Gasteiger partial charge in [0.05, 0.1) is 3.58 Å². The Labute approximate surface area is 145 Å². The molecule has 5 nitrogen and oxygen atoms in total. The number of rotatable bonds is 8. The molecule has 136 valence electrons. The van der Waals surface area contributed by atoms with Crippen molar-refractivity contribution in [3.63, 3.8) is 0 Å². The summed E-state index contributed by atoms with van der Waals surface area (Å²) in [5.41, 5.74) is -1.25. The number of alkyl halides is 4. The summed E-state index contributed by atoms with van der Waals surface area (Å²) in [6.45, 7) is 6.82. The van der Waals surface area contributed by atoms with E-state index in [2.05, 4.69) is 6.58 Å². The smallest absolute Gasteiger partial charge is 0.431 e. The summed E-state index contributed by atoms with van der Waals surface area (Å²) in [7, 11) is -6.27. The van der Waals surface area contributed by atoms with Crippen LogP contribution in [0.4, 0.5) is 17.6 Å². The predicted octanol–water partition coefficient (Wildman–Crippen LogP) is 3.79. The molecule has 11 heteroatoms. The van der Waals surface area contributed by atoms with E-state index in [0.717, 1.165) is 0 Å². The summed E-state index contributed by atoms with van der Waals surface area (Å²) in [4.78, 5) is 11.4. The van der Waals surface area contributed by atoms with Gasteiger partial charge in [0.25, 0.3) is 0 Å². The van der Waals surface area contributed by atoms with Crippen molar-refractivity contribution in [3.8, 4) is 0 Å². The maximum atomic E-state index is 13.6. The fraction of sp³-hybridized carbons (Fsp3) is 0.750. The maximum absolute atomic E-state index is 13.6. The maximum Gasteiger partial charge on any atom is 0.431 e. The standard InChI is InChI=1S/C12H17F4IO5S/c1-7(11(13,14)12(15,16)23(19,20)21)5-6-10(3,4)22-9(18)8(2)17/h7H,2,5-6H2,1,3-4H3,(H,19,20,21). The molecule has 0 saturated carbocycles. The quantitative estimate of drug-likeness (QED) is 0.190. The molecular weight excluding hydrogens is 459 g/mol. The Morgan fingerprint density at radius 1 is 1.30 bits per heavy atom. The van der Waals surface area contributed by atoms with Crippen LogP contribution in [0, 0.1) is 5.92 Å². The SMILES string of the molecule is C=C(I)C(=O)OC(C)(C)CCC(C)C(F)(F)C(F)(F)S(=O)(=O)O. The van der Waals surface area contributed by atoms with Crippen molar-refractivity contribution in [1.82, 2.24) is 0 Å². The second-order valence-corrected chi connectivity index (χ2v) is 8.37. The monoisotopic (exact) mass is 476 g/mol. The first-order valence-electron chi connectivity index (χ1n) is 6.26. The highest BCUT2D eigenvalue weighted by molar-refractivity contribution is 14.1. The highest BCUT2D eigenvalue weighted by atomic mass is 127. The molecule has 0 aromatic carbocycles. The summed E-state index contributed by atoms with van der Waals surface area (Å²) in [5.74, 6) is -7.87. The molecule has 0 aliphatic carbocycles. The third-order valence-electron chi connectivity index (χ3n) is 3.10. The van der Waals surface area contributed by atoms with Gasteiger partial charge in [-0.3, -0.25) is 4.55 Å². The molecule has 1 unspecified atom stereocenters. The largest absolute Gasteiger partial charge is 0.456 e. The normalized spacial score (nSPS) is 15.2. The summed E-state index contributed by atoms with van der Waals surface area (Å²) in [6.07, 6.45) is -0.812. The van der Waals surface area contributed by atoms with Gasteiger partial charge in [-0.25, -0.2) is 4.79 Å². The van der Waals surface area contributed by atoms with Crippen LogP contribution in [0.25, 0.3) is 0 Å². The van der Waals surface area contributed by atoms with Gasteiger partial charge in [0.15, 0.2) is 0 Å². The molecule has 0 heterocycles. The van der Waals surface area contributed by atoms with Crippen LogP contribution < -0.4 is 0 Å². The van der Waals surface area contributed by atoms with Gasteiger partial charge in [0.1, 0.15) is 5.60 Å². The number of carbonyl (C=O) groups excluding carboxylic acids is 1. The molecule has 0 saturated heterocycles. The van der Waals surface area contributed by atoms with E-state index < -0.39 is 45.2 Å². The van der Waals surface area contributed by atoms with Crippen molar-refractivity contribution < 1.29 is 40.1 Å². The minimum absolute atomic E-state index is 0.0481. The molecule has 1 N–H and O–H groups in total. The molecule has 0 rings (SSSR count). The zero-order valence-electron chi connectivity index (χ0n) is 12.6. The highest BCUT2D eigenvalue weighted by Gasteiger charge is 2.67. The summed E-state index contributed by atoms with van der Waals surface area (Å²) in [6, 6.07) is 0. The molecule has 0 aromatic heterocycles. The van der Waals surface area contributed by atoms with E-state index in [0.29, 0.717) is 6.92 Å². The second kappa shape index (κ2) is 7.21. The van der Waals surface area contributed by atoms with Gasteiger partial charge in [0, 0.05) is 5.92 Å². The van der Waals surface area contributed by atoms with Crippen LogP contribution in [0.2, 0.25) is 0 Å². The average molecular weight is 476 g/mol. The Morgan fingerprint density at radius 2 is 1.74 bits per heavy atom. The van der Waals surface area contributed by atoms with Crippen LogP contribution in [0.5, 0.6) is 0 Å². The molecule has 0 bridgehead atoms. The van der Waals surface area contributed by atoms with Crippen LogP contribution in [-0.2, 0) is 19.6 Å². The average Bonchev–Trinajstić information content (AvgIpc) is 2.33. The fourth-order valence-electron chi connectivity index (χ4n) is 1.56. The number of esters is 1. The number of halogens is 5. The predicted molar refractivity (Wildman–Crippen MR) is 83.2 cm³/mol. The first kappa shape index (κ1) is 22.6. The Hall–Kier alpha value is -0.430. The lowest BCUT2D eigenvalue weighted by molar-refractivity contribution is -0.193. The molecule has 0 aromatic rings. The number of ether oxygens (including phenoxy) is 1. The molecule has 0 fully saturated rings. The molecule has 0 aliphatic rings. The zero-order chi connectivity index (χ0) is 18.9. The van der Waals surface area contributed by atoms with Gasteiger partial charge in [-0.1, -0.05) is 13.5 Å². The first-order valence-corrected chi connectivity index (χ1v) is 8.78. The minimum Gasteiger partial charge on any atom is -0.456 e. The fourth-order valence-corrected chi connectivity index (χ4v) is 2.22. The van der Waals surface area contributed by atoms with E-state index in [9.17, 15) is 30.8 Å². The van der Waals surface area contributed by atoms with Gasteiger partial charge < -0.3 is 4.74 Å². The highest BCUT2D eigenvalue weighted by Crippen LogP contribution is 2.45. The third-order valence-corrected chi connectivity index (χ3v) is 4.46. The Kier molecular flexibility index (Phi) is 7.08. The van der Waals surface area contributed by atoms with E-state index in [1.54, 1.807) is 22.6 Å². The zero-order valence-corrected chi connectivity index (χ0v) is 15.6. The van der Waals surface area contributed by atoms with Gasteiger partial charge in [-0.15, -0.1) is 0 Å². The molecule has 0 aliphatic heterocycles. The Morgan fingerprint density at radius 3 is 2.09 bits per heavy atom. The summed E-state index contributed by atoms with van der Waals surface area (Å²) >= 11 is 1.60. The van der Waals surface area contributed by atoms with E-state index >= 15 is 0 Å². The van der Waals surface area contributed by atoms with Crippen LogP contribution in [0.3, 0.4) is 0 Å². The lowest BCUT2D eigenvalue weighted by Crippen LogP contribution is -2.51. The molecule has 0 spiro atoms. The van der Waals surface area contributed by atoms with Crippen molar-refractivity contribution in [2.24, 2.45) is 5.92 Å². The van der Waals surface area contributed by atoms with Crippen molar-refractivity contribution in [2.75, 3.05) is 0 Å². The van der Waals surface area contributed by atoms with Crippen LogP contribution in [0.1, 0.15) is 33.6 Å². The summed E-state index contributed by atoms with van der Waals surface area (Å²) in [5, 5.41) is -5.61. The van der Waals surface area contributed by atoms with Crippen molar-refractivity contribution in [1.29, 1.82) is 0 Å². The number of hydrogen-bond donors (Lipinski definition) is 1. The van der Waals surface area contributed by atoms with Crippen LogP contribution in [0.15, 0.2) is 10.2 Å². The van der Waals surface area contributed by atoms with Gasteiger partial charge in [0.2, 0.25) is 0 Å². The van der Waals surface area contributed by atoms with E-state index in [1.807, 2.05) is 0 Å². The van der Waals surface area contributed by atoms with Crippen molar-refractivity contribution in [2.45, 2.75) is 50.4 Å². The lowest BCUT2D eigenvalue weighted by atomic mass is 9.91. The number of carbonyl (C=O) groups is 1. The first-order chi connectivity index (χ1) is 9.96. The Balaban J connectivity index is 5.05. The second-order valence-electron chi connectivity index (χ2n) is 5.61. The van der Waals surface area contributed by atoms with Gasteiger partial charge in [-0.05, 0) is 49.3 Å². The molecule has 0 radical (unpaired) electrons. The van der Waals surface area contributed by atoms with Crippen LogP contribution in [-0.4, -0.2) is 35.7 Å². The third kappa shape index (κ3) is 5.55. The Bertz CT molecular complexity index is 574. The molecule has 23 heavy (non-hydrogen) atoms.